The van der Waals surface area contributed by atoms with Crippen molar-refractivity contribution in [3.63, 3.8) is 0 Å². The van der Waals surface area contributed by atoms with E-state index in [4.69, 9.17) is 11.6 Å². The Labute approximate surface area is 118 Å². The monoisotopic (exact) mass is 311 g/mol. The van der Waals surface area contributed by atoms with Gasteiger partial charge in [0.1, 0.15) is 11.7 Å². The van der Waals surface area contributed by atoms with Crippen molar-refractivity contribution in [3.05, 3.63) is 29.0 Å². The minimum Gasteiger partial charge on any atom is -0.350 e. The van der Waals surface area contributed by atoms with E-state index in [2.05, 4.69) is 9.98 Å². The summed E-state index contributed by atoms with van der Waals surface area (Å²) in [4.78, 5) is 9.12. The van der Waals surface area contributed by atoms with E-state index in [0.29, 0.717) is 16.9 Å². The lowest BCUT2D eigenvalue weighted by Crippen LogP contribution is -2.25. The Kier molecular flexibility index (Phi) is 5.93. The highest BCUT2D eigenvalue weighted by molar-refractivity contribution is 8.13. The minimum atomic E-state index is -4.29. The fraction of sp³-hybridized carbons (Fsp3) is 0.455. The van der Waals surface area contributed by atoms with Crippen LogP contribution in [0.5, 0.6) is 0 Å². The Morgan fingerprint density at radius 1 is 1.47 bits per heavy atom. The molecule has 0 atom stereocenters. The van der Waals surface area contributed by atoms with E-state index in [1.165, 1.54) is 11.8 Å². The van der Waals surface area contributed by atoms with E-state index in [0.717, 1.165) is 5.56 Å². The summed E-state index contributed by atoms with van der Waals surface area (Å²) < 4.78 is 36.4. The van der Waals surface area contributed by atoms with Gasteiger partial charge in [0.15, 0.2) is 5.17 Å². The Morgan fingerprint density at radius 3 is 2.63 bits per heavy atom. The number of nitrogens with zero attached hydrogens (tertiary/aromatic N) is 3. The van der Waals surface area contributed by atoms with E-state index in [-0.39, 0.29) is 0 Å². The second-order valence-corrected chi connectivity index (χ2v) is 4.92. The SMILES string of the molecule is CSC(=NCC(F)(F)F)N(C)Cc1ccc(Cl)nc1. The van der Waals surface area contributed by atoms with Crippen LogP contribution in [0.2, 0.25) is 5.15 Å². The Hall–Kier alpha value is -0.950. The van der Waals surface area contributed by atoms with Gasteiger partial charge >= 0.3 is 6.18 Å². The highest BCUT2D eigenvalue weighted by atomic mass is 35.5. The second-order valence-electron chi connectivity index (χ2n) is 3.76. The number of thioether (sulfide) groups is 1. The van der Waals surface area contributed by atoms with E-state index in [9.17, 15) is 13.2 Å². The number of aliphatic imine (C=N–C) groups is 1. The van der Waals surface area contributed by atoms with Gasteiger partial charge in [-0.25, -0.2) is 4.98 Å². The molecule has 0 bridgehead atoms. The van der Waals surface area contributed by atoms with Gasteiger partial charge in [-0.1, -0.05) is 29.4 Å². The molecule has 0 unspecified atom stereocenters. The largest absolute Gasteiger partial charge is 0.408 e. The molecule has 0 fully saturated rings. The van der Waals surface area contributed by atoms with Gasteiger partial charge in [0.25, 0.3) is 0 Å². The lowest BCUT2D eigenvalue weighted by molar-refractivity contribution is -0.118. The summed E-state index contributed by atoms with van der Waals surface area (Å²) in [6.45, 7) is -0.756. The fourth-order valence-electron chi connectivity index (χ4n) is 1.34. The first kappa shape index (κ1) is 16.1. The number of rotatable bonds is 3. The first-order valence-electron chi connectivity index (χ1n) is 5.28. The molecular weight excluding hydrogens is 299 g/mol. The maximum Gasteiger partial charge on any atom is 0.408 e. The summed E-state index contributed by atoms with van der Waals surface area (Å²) >= 11 is 6.83. The number of pyridine rings is 1. The molecule has 0 saturated heterocycles. The van der Waals surface area contributed by atoms with Crippen LogP contribution < -0.4 is 0 Å². The lowest BCUT2D eigenvalue weighted by Gasteiger charge is -2.20. The molecule has 0 radical (unpaired) electrons. The predicted molar refractivity (Wildman–Crippen MR) is 72.6 cm³/mol. The molecule has 0 spiro atoms. The van der Waals surface area contributed by atoms with Gasteiger partial charge in [0.2, 0.25) is 0 Å². The molecule has 0 aliphatic carbocycles. The van der Waals surface area contributed by atoms with Gasteiger partial charge < -0.3 is 4.90 Å². The first-order chi connectivity index (χ1) is 8.81. The quantitative estimate of drug-likeness (QED) is 0.486. The van der Waals surface area contributed by atoms with Gasteiger partial charge in [-0.05, 0) is 17.9 Å². The molecule has 8 heteroatoms. The topological polar surface area (TPSA) is 28.5 Å². The smallest absolute Gasteiger partial charge is 0.350 e. The van der Waals surface area contributed by atoms with E-state index < -0.39 is 12.7 Å². The Bertz CT molecular complexity index is 434. The third kappa shape index (κ3) is 6.15. The number of aromatic nitrogens is 1. The zero-order valence-corrected chi connectivity index (χ0v) is 12.0. The normalized spacial score (nSPS) is 12.6. The molecule has 3 nitrogen and oxygen atoms in total. The molecule has 0 aromatic carbocycles. The minimum absolute atomic E-state index is 0.326. The molecular formula is C11H13ClF3N3S. The summed E-state index contributed by atoms with van der Waals surface area (Å²) in [6.07, 6.45) is -1.02. The number of alkyl halides is 3. The molecule has 1 aromatic heterocycles. The van der Waals surface area contributed by atoms with Crippen molar-refractivity contribution in [2.75, 3.05) is 19.8 Å². The molecule has 0 aliphatic rings. The van der Waals surface area contributed by atoms with Gasteiger partial charge in [0.05, 0.1) is 0 Å². The van der Waals surface area contributed by atoms with Crippen LogP contribution in [0.25, 0.3) is 0 Å². The van der Waals surface area contributed by atoms with Gasteiger partial charge in [-0.3, -0.25) is 4.99 Å². The maximum atomic E-state index is 12.1. The first-order valence-corrected chi connectivity index (χ1v) is 6.89. The van der Waals surface area contributed by atoms with Crippen LogP contribution in [0.15, 0.2) is 23.3 Å². The maximum absolute atomic E-state index is 12.1. The predicted octanol–water partition coefficient (Wildman–Crippen LogP) is 3.45. The molecule has 1 heterocycles. The molecule has 1 rings (SSSR count). The van der Waals surface area contributed by atoms with Crippen molar-refractivity contribution in [2.45, 2.75) is 12.7 Å². The molecule has 0 saturated carbocycles. The molecule has 0 N–H and O–H groups in total. The highest BCUT2D eigenvalue weighted by Crippen LogP contribution is 2.17. The second kappa shape index (κ2) is 7.00. The highest BCUT2D eigenvalue weighted by Gasteiger charge is 2.27. The van der Waals surface area contributed by atoms with Crippen LogP contribution in [-0.4, -0.2) is 41.1 Å². The average Bonchev–Trinajstić information content (AvgIpc) is 2.31. The van der Waals surface area contributed by atoms with Crippen LogP contribution in [0.1, 0.15) is 5.56 Å². The number of amidine groups is 1. The van der Waals surface area contributed by atoms with Crippen molar-refractivity contribution in [1.29, 1.82) is 0 Å². The van der Waals surface area contributed by atoms with Crippen LogP contribution >= 0.6 is 23.4 Å². The Morgan fingerprint density at radius 2 is 2.16 bits per heavy atom. The zero-order valence-electron chi connectivity index (χ0n) is 10.4. The molecule has 19 heavy (non-hydrogen) atoms. The van der Waals surface area contributed by atoms with Crippen LogP contribution in [0.3, 0.4) is 0 Å². The van der Waals surface area contributed by atoms with Crippen LogP contribution in [0.4, 0.5) is 13.2 Å². The fourth-order valence-corrected chi connectivity index (χ4v) is 2.02. The van der Waals surface area contributed by atoms with Gasteiger partial charge in [-0.15, -0.1) is 0 Å². The molecule has 0 amide bonds. The summed E-state index contributed by atoms with van der Waals surface area (Å²) in [7, 11) is 1.68. The van der Waals surface area contributed by atoms with E-state index >= 15 is 0 Å². The van der Waals surface area contributed by atoms with Crippen molar-refractivity contribution in [3.8, 4) is 0 Å². The van der Waals surface area contributed by atoms with Crippen molar-refractivity contribution in [1.82, 2.24) is 9.88 Å². The Balaban J connectivity index is 2.68. The third-order valence-electron chi connectivity index (χ3n) is 2.11. The van der Waals surface area contributed by atoms with Crippen LogP contribution in [-0.2, 0) is 6.54 Å². The van der Waals surface area contributed by atoms with E-state index in [1.807, 2.05) is 0 Å². The lowest BCUT2D eigenvalue weighted by atomic mass is 10.3. The van der Waals surface area contributed by atoms with Gasteiger partial charge in [-0.2, -0.15) is 13.2 Å². The van der Waals surface area contributed by atoms with Crippen molar-refractivity contribution >= 4 is 28.5 Å². The molecule has 0 aliphatic heterocycles. The molecule has 106 valence electrons. The number of hydrogen-bond acceptors (Lipinski definition) is 3. The third-order valence-corrected chi connectivity index (χ3v) is 3.14. The summed E-state index contributed by atoms with van der Waals surface area (Å²) in [6, 6.07) is 3.41. The van der Waals surface area contributed by atoms with E-state index in [1.54, 1.807) is 36.5 Å². The standard InChI is InChI=1S/C11H13ClF3N3S/c1-18(6-8-3-4-9(12)16-5-8)10(19-2)17-7-11(13,14)15/h3-5H,6-7H2,1-2H3. The number of hydrogen-bond donors (Lipinski definition) is 0. The zero-order chi connectivity index (χ0) is 14.5. The summed E-state index contributed by atoms with van der Waals surface area (Å²) in [5.41, 5.74) is 0.848. The number of halogens is 4. The summed E-state index contributed by atoms with van der Waals surface area (Å²) in [5.74, 6) is 0. The van der Waals surface area contributed by atoms with Crippen molar-refractivity contribution < 1.29 is 13.2 Å². The van der Waals surface area contributed by atoms with Crippen molar-refractivity contribution in [2.24, 2.45) is 4.99 Å². The average molecular weight is 312 g/mol. The van der Waals surface area contributed by atoms with Crippen LogP contribution in [0, 0.1) is 0 Å². The summed E-state index contributed by atoms with van der Waals surface area (Å²) in [5, 5.41) is 0.703. The van der Waals surface area contributed by atoms with Gasteiger partial charge in [0, 0.05) is 19.8 Å². The molecule has 1 aromatic rings.